The third-order valence-electron chi connectivity index (χ3n) is 3.46. The zero-order valence-corrected chi connectivity index (χ0v) is 12.2. The molecule has 0 bridgehead atoms. The van der Waals surface area contributed by atoms with Gasteiger partial charge in [-0.1, -0.05) is 26.0 Å². The fraction of sp³-hybridized carbons (Fsp3) is 0.533. The van der Waals surface area contributed by atoms with Crippen molar-refractivity contribution in [2.45, 2.75) is 25.9 Å². The number of alkyl carbamates (subject to hydrolysis) is 1. The predicted octanol–water partition coefficient (Wildman–Crippen LogP) is 2.09. The first-order valence-electron chi connectivity index (χ1n) is 6.90. The Labute approximate surface area is 119 Å². The first-order chi connectivity index (χ1) is 9.60. The van der Waals surface area contributed by atoms with Crippen LogP contribution in [0.25, 0.3) is 0 Å². The summed E-state index contributed by atoms with van der Waals surface area (Å²) in [5.41, 5.74) is 1.21. The average Bonchev–Trinajstić information content (AvgIpc) is 2.85. The van der Waals surface area contributed by atoms with Gasteiger partial charge in [0.1, 0.15) is 12.4 Å². The minimum atomic E-state index is -0.331. The van der Waals surface area contributed by atoms with Crippen LogP contribution in [0.5, 0.6) is 5.75 Å². The van der Waals surface area contributed by atoms with Gasteiger partial charge in [0, 0.05) is 12.6 Å². The molecule has 2 atom stereocenters. The molecule has 5 nitrogen and oxygen atoms in total. The van der Waals surface area contributed by atoms with Crippen LogP contribution in [-0.4, -0.2) is 32.4 Å². The van der Waals surface area contributed by atoms with E-state index in [-0.39, 0.29) is 18.2 Å². The van der Waals surface area contributed by atoms with Crippen LogP contribution >= 0.6 is 0 Å². The molecule has 5 heteroatoms. The van der Waals surface area contributed by atoms with E-state index in [0.29, 0.717) is 19.1 Å². The van der Waals surface area contributed by atoms with E-state index in [1.807, 2.05) is 12.1 Å². The van der Waals surface area contributed by atoms with Gasteiger partial charge in [0.05, 0.1) is 13.2 Å². The van der Waals surface area contributed by atoms with Gasteiger partial charge >= 0.3 is 6.09 Å². The highest BCUT2D eigenvalue weighted by Gasteiger charge is 2.24. The van der Waals surface area contributed by atoms with Crippen molar-refractivity contribution in [1.82, 2.24) is 10.6 Å². The minimum absolute atomic E-state index is 0.0435. The Morgan fingerprint density at radius 3 is 2.60 bits per heavy atom. The number of rotatable bonds is 6. The van der Waals surface area contributed by atoms with E-state index < -0.39 is 0 Å². The molecular weight excluding hydrogens is 256 g/mol. The molecule has 1 saturated heterocycles. The summed E-state index contributed by atoms with van der Waals surface area (Å²) in [7, 11) is 1.66. The molecular formula is C15H22N2O3. The summed E-state index contributed by atoms with van der Waals surface area (Å²) in [6.45, 7) is 5.47. The number of carbonyl (C=O) groups is 1. The standard InChI is InChI=1S/C15H22N2O3/c1-10(2)14(11-4-6-13(19-3)7-5-11)16-8-12-9-20-15(18)17-12/h4-7,10,12,14,16H,8-9H2,1-3H3,(H,17,18)/t12-,14+/m0/s1. The molecule has 20 heavy (non-hydrogen) atoms. The molecule has 1 amide bonds. The number of cyclic esters (lactones) is 1. The van der Waals surface area contributed by atoms with Gasteiger partial charge in [0.2, 0.25) is 0 Å². The first kappa shape index (κ1) is 14.7. The highest BCUT2D eigenvalue weighted by molar-refractivity contribution is 5.69. The molecule has 1 aliphatic rings. The third-order valence-corrected chi connectivity index (χ3v) is 3.46. The third kappa shape index (κ3) is 3.63. The van der Waals surface area contributed by atoms with Crippen LogP contribution in [-0.2, 0) is 4.74 Å². The Morgan fingerprint density at radius 1 is 1.40 bits per heavy atom. The molecule has 1 aromatic carbocycles. The van der Waals surface area contributed by atoms with Crippen LogP contribution in [0, 0.1) is 5.92 Å². The summed E-state index contributed by atoms with van der Waals surface area (Å²) in [6.07, 6.45) is -0.331. The lowest BCUT2D eigenvalue weighted by molar-refractivity contribution is 0.176. The molecule has 0 spiro atoms. The largest absolute Gasteiger partial charge is 0.497 e. The molecule has 110 valence electrons. The van der Waals surface area contributed by atoms with Crippen molar-refractivity contribution in [2.24, 2.45) is 5.92 Å². The van der Waals surface area contributed by atoms with Crippen molar-refractivity contribution in [3.05, 3.63) is 29.8 Å². The lowest BCUT2D eigenvalue weighted by Crippen LogP contribution is -2.39. The number of methoxy groups -OCH3 is 1. The number of hydrogen-bond acceptors (Lipinski definition) is 4. The molecule has 1 fully saturated rings. The number of nitrogens with one attached hydrogen (secondary N) is 2. The molecule has 0 unspecified atom stereocenters. The van der Waals surface area contributed by atoms with Crippen LogP contribution in [0.15, 0.2) is 24.3 Å². The van der Waals surface area contributed by atoms with E-state index in [9.17, 15) is 4.79 Å². The second kappa shape index (κ2) is 6.61. The van der Waals surface area contributed by atoms with Crippen LogP contribution in [0.4, 0.5) is 4.79 Å². The van der Waals surface area contributed by atoms with Crippen molar-refractivity contribution >= 4 is 6.09 Å². The number of benzene rings is 1. The second-order valence-electron chi connectivity index (χ2n) is 5.34. The van der Waals surface area contributed by atoms with Crippen LogP contribution in [0.1, 0.15) is 25.5 Å². The van der Waals surface area contributed by atoms with Gasteiger partial charge in [-0.3, -0.25) is 0 Å². The van der Waals surface area contributed by atoms with Crippen LogP contribution in [0.3, 0.4) is 0 Å². The average molecular weight is 278 g/mol. The van der Waals surface area contributed by atoms with Crippen molar-refractivity contribution < 1.29 is 14.3 Å². The molecule has 1 heterocycles. The van der Waals surface area contributed by atoms with E-state index in [2.05, 4.69) is 36.6 Å². The molecule has 0 saturated carbocycles. The van der Waals surface area contributed by atoms with E-state index in [0.717, 1.165) is 5.75 Å². The highest BCUT2D eigenvalue weighted by atomic mass is 16.6. The summed E-state index contributed by atoms with van der Waals surface area (Å²) in [5.74, 6) is 1.30. The first-order valence-corrected chi connectivity index (χ1v) is 6.90. The van der Waals surface area contributed by atoms with Gasteiger partial charge in [0.25, 0.3) is 0 Å². The van der Waals surface area contributed by atoms with Crippen molar-refractivity contribution in [3.63, 3.8) is 0 Å². The fourth-order valence-electron chi connectivity index (χ4n) is 2.36. The van der Waals surface area contributed by atoms with E-state index in [1.54, 1.807) is 7.11 Å². The van der Waals surface area contributed by atoms with Crippen molar-refractivity contribution in [2.75, 3.05) is 20.3 Å². The SMILES string of the molecule is COc1ccc([C@H](NC[C@H]2COC(=O)N2)C(C)C)cc1. The van der Waals surface area contributed by atoms with E-state index in [4.69, 9.17) is 9.47 Å². The van der Waals surface area contributed by atoms with Gasteiger partial charge in [-0.15, -0.1) is 0 Å². The minimum Gasteiger partial charge on any atom is -0.497 e. The van der Waals surface area contributed by atoms with Crippen LogP contribution in [0.2, 0.25) is 0 Å². The normalized spacial score (nSPS) is 19.6. The Hall–Kier alpha value is -1.75. The summed E-state index contributed by atoms with van der Waals surface area (Å²) in [4.78, 5) is 11.0. The number of carbonyl (C=O) groups excluding carboxylic acids is 1. The van der Waals surface area contributed by atoms with E-state index in [1.165, 1.54) is 5.56 Å². The van der Waals surface area contributed by atoms with Gasteiger partial charge in [-0.25, -0.2) is 4.79 Å². The van der Waals surface area contributed by atoms with Gasteiger partial charge in [-0.05, 0) is 23.6 Å². The summed E-state index contributed by atoms with van der Waals surface area (Å²) >= 11 is 0. The Kier molecular flexibility index (Phi) is 4.84. The zero-order valence-electron chi connectivity index (χ0n) is 12.2. The molecule has 2 N–H and O–H groups in total. The molecule has 1 aliphatic heterocycles. The van der Waals surface area contributed by atoms with Gasteiger partial charge < -0.3 is 20.1 Å². The monoisotopic (exact) mass is 278 g/mol. The number of hydrogen-bond donors (Lipinski definition) is 2. The smallest absolute Gasteiger partial charge is 0.407 e. The maximum Gasteiger partial charge on any atom is 0.407 e. The van der Waals surface area contributed by atoms with Crippen molar-refractivity contribution in [3.8, 4) is 5.75 Å². The molecule has 2 rings (SSSR count). The Balaban J connectivity index is 1.97. The van der Waals surface area contributed by atoms with Gasteiger partial charge in [0.15, 0.2) is 0 Å². The van der Waals surface area contributed by atoms with Crippen LogP contribution < -0.4 is 15.4 Å². The zero-order chi connectivity index (χ0) is 14.5. The van der Waals surface area contributed by atoms with Gasteiger partial charge in [-0.2, -0.15) is 0 Å². The second-order valence-corrected chi connectivity index (χ2v) is 5.34. The maximum absolute atomic E-state index is 11.0. The summed E-state index contributed by atoms with van der Waals surface area (Å²) in [6, 6.07) is 8.35. The van der Waals surface area contributed by atoms with Crippen molar-refractivity contribution in [1.29, 1.82) is 0 Å². The lowest BCUT2D eigenvalue weighted by Gasteiger charge is -2.24. The lowest BCUT2D eigenvalue weighted by atomic mass is 9.95. The Bertz CT molecular complexity index is 445. The fourth-order valence-corrected chi connectivity index (χ4v) is 2.36. The molecule has 1 aromatic rings. The number of ether oxygens (including phenoxy) is 2. The summed E-state index contributed by atoms with van der Waals surface area (Å²) < 4.78 is 10.1. The maximum atomic E-state index is 11.0. The molecule has 0 radical (unpaired) electrons. The molecule has 0 aliphatic carbocycles. The number of amides is 1. The quantitative estimate of drug-likeness (QED) is 0.836. The highest BCUT2D eigenvalue weighted by Crippen LogP contribution is 2.23. The van der Waals surface area contributed by atoms with E-state index >= 15 is 0 Å². The topological polar surface area (TPSA) is 59.6 Å². The summed E-state index contributed by atoms with van der Waals surface area (Å²) in [5, 5.41) is 6.27. The molecule has 0 aromatic heterocycles. The Morgan fingerprint density at radius 2 is 2.10 bits per heavy atom. The predicted molar refractivity (Wildman–Crippen MR) is 76.8 cm³/mol.